The van der Waals surface area contributed by atoms with Crippen LogP contribution >= 0.6 is 11.8 Å². The second kappa shape index (κ2) is 5.45. The molecule has 4 nitrogen and oxygen atoms in total. The molecule has 0 bridgehead atoms. The Morgan fingerprint density at radius 3 is 3.00 bits per heavy atom. The summed E-state index contributed by atoms with van der Waals surface area (Å²) < 4.78 is 0. The Hall–Kier alpha value is -1.28. The summed E-state index contributed by atoms with van der Waals surface area (Å²) in [5.74, 6) is 1.25. The van der Waals surface area contributed by atoms with Crippen molar-refractivity contribution >= 4 is 17.6 Å². The summed E-state index contributed by atoms with van der Waals surface area (Å²) in [6.45, 7) is 2.13. The Morgan fingerprint density at radius 2 is 2.43 bits per heavy atom. The van der Waals surface area contributed by atoms with Crippen LogP contribution in [0.1, 0.15) is 25.3 Å². The summed E-state index contributed by atoms with van der Waals surface area (Å²) in [6, 6.07) is 1.93. The molecule has 1 aromatic rings. The van der Waals surface area contributed by atoms with Crippen LogP contribution in [0.5, 0.6) is 0 Å². The fourth-order valence-electron chi connectivity index (χ4n) is 0.842. The van der Waals surface area contributed by atoms with E-state index in [-0.39, 0.29) is 5.82 Å². The van der Waals surface area contributed by atoms with E-state index in [4.69, 9.17) is 11.0 Å². The van der Waals surface area contributed by atoms with Crippen LogP contribution in [-0.4, -0.2) is 15.7 Å². The molecule has 1 heterocycles. The van der Waals surface area contributed by atoms with Crippen molar-refractivity contribution in [2.45, 2.75) is 24.9 Å². The van der Waals surface area contributed by atoms with E-state index in [9.17, 15) is 0 Å². The topological polar surface area (TPSA) is 75.6 Å². The third kappa shape index (κ3) is 2.89. The third-order valence-electron chi connectivity index (χ3n) is 1.65. The minimum absolute atomic E-state index is 0.265. The largest absolute Gasteiger partial charge is 0.382 e. The highest BCUT2D eigenvalue weighted by atomic mass is 32.2. The molecule has 5 heteroatoms. The molecule has 0 aliphatic rings. The molecule has 0 saturated carbocycles. The van der Waals surface area contributed by atoms with Gasteiger partial charge < -0.3 is 5.73 Å². The molecule has 2 N–H and O–H groups in total. The van der Waals surface area contributed by atoms with Gasteiger partial charge in [0.15, 0.2) is 5.16 Å². The van der Waals surface area contributed by atoms with E-state index in [1.165, 1.54) is 6.20 Å². The van der Waals surface area contributed by atoms with Crippen molar-refractivity contribution in [1.82, 2.24) is 9.97 Å². The molecule has 0 fully saturated rings. The van der Waals surface area contributed by atoms with Gasteiger partial charge in [0.1, 0.15) is 17.5 Å². The Labute approximate surface area is 87.6 Å². The molecule has 14 heavy (non-hydrogen) atoms. The first-order chi connectivity index (χ1) is 6.77. The molecule has 0 radical (unpaired) electrons. The normalized spacial score (nSPS) is 9.71. The van der Waals surface area contributed by atoms with Gasteiger partial charge in [-0.15, -0.1) is 0 Å². The van der Waals surface area contributed by atoms with Crippen molar-refractivity contribution in [1.29, 1.82) is 5.26 Å². The minimum Gasteiger partial charge on any atom is -0.382 e. The number of nitrogens with zero attached hydrogens (tertiary/aromatic N) is 3. The number of aromatic nitrogens is 2. The van der Waals surface area contributed by atoms with Gasteiger partial charge in [-0.2, -0.15) is 5.26 Å². The van der Waals surface area contributed by atoms with Gasteiger partial charge in [0.2, 0.25) is 0 Å². The van der Waals surface area contributed by atoms with Crippen LogP contribution in [-0.2, 0) is 0 Å². The molecule has 0 aliphatic heterocycles. The molecular formula is C9H12N4S. The monoisotopic (exact) mass is 208 g/mol. The third-order valence-corrected chi connectivity index (χ3v) is 2.59. The number of anilines is 1. The first-order valence-corrected chi connectivity index (χ1v) is 5.42. The van der Waals surface area contributed by atoms with E-state index in [2.05, 4.69) is 16.9 Å². The van der Waals surface area contributed by atoms with Gasteiger partial charge in [-0.1, -0.05) is 25.1 Å². The highest BCUT2D eigenvalue weighted by Crippen LogP contribution is 2.16. The molecule has 0 aliphatic carbocycles. The zero-order valence-electron chi connectivity index (χ0n) is 8.03. The van der Waals surface area contributed by atoms with Gasteiger partial charge >= 0.3 is 0 Å². The zero-order chi connectivity index (χ0) is 10.4. The van der Waals surface area contributed by atoms with E-state index < -0.39 is 0 Å². The number of unbranched alkanes of at least 4 members (excludes halogenated alkanes) is 1. The van der Waals surface area contributed by atoms with Crippen molar-refractivity contribution in [2.75, 3.05) is 11.5 Å². The summed E-state index contributed by atoms with van der Waals surface area (Å²) >= 11 is 1.57. The van der Waals surface area contributed by atoms with E-state index >= 15 is 0 Å². The van der Waals surface area contributed by atoms with E-state index in [1.807, 2.05) is 6.07 Å². The van der Waals surface area contributed by atoms with Crippen LogP contribution in [0.4, 0.5) is 5.82 Å². The van der Waals surface area contributed by atoms with Gasteiger partial charge in [-0.05, 0) is 6.42 Å². The second-order valence-corrected chi connectivity index (χ2v) is 3.83. The molecule has 0 atom stereocenters. The maximum atomic E-state index is 8.61. The number of nitriles is 1. The molecular weight excluding hydrogens is 196 g/mol. The molecule has 1 rings (SSSR count). The average molecular weight is 208 g/mol. The molecule has 0 amide bonds. The van der Waals surface area contributed by atoms with Crippen LogP contribution in [0, 0.1) is 11.3 Å². The van der Waals surface area contributed by atoms with Crippen molar-refractivity contribution in [3.05, 3.63) is 11.8 Å². The lowest BCUT2D eigenvalue weighted by atomic mass is 10.3. The lowest BCUT2D eigenvalue weighted by Gasteiger charge is -2.00. The van der Waals surface area contributed by atoms with Gasteiger partial charge in [-0.25, -0.2) is 9.97 Å². The van der Waals surface area contributed by atoms with E-state index in [0.29, 0.717) is 10.7 Å². The Kier molecular flexibility index (Phi) is 4.20. The predicted molar refractivity (Wildman–Crippen MR) is 56.8 cm³/mol. The predicted octanol–water partition coefficient (Wildman–Crippen LogP) is 1.82. The Bertz CT molecular complexity index is 345. The van der Waals surface area contributed by atoms with Crippen molar-refractivity contribution in [3.8, 4) is 6.07 Å². The first kappa shape index (κ1) is 10.8. The van der Waals surface area contributed by atoms with Gasteiger partial charge in [0, 0.05) is 5.75 Å². The van der Waals surface area contributed by atoms with E-state index in [0.717, 1.165) is 18.6 Å². The van der Waals surface area contributed by atoms with Crippen LogP contribution in [0.15, 0.2) is 11.4 Å². The van der Waals surface area contributed by atoms with Gasteiger partial charge in [0.25, 0.3) is 0 Å². The number of nitrogens with two attached hydrogens (primary N) is 1. The number of rotatable bonds is 4. The quantitative estimate of drug-likeness (QED) is 0.464. The fourth-order valence-corrected chi connectivity index (χ4v) is 1.75. The minimum atomic E-state index is 0.265. The first-order valence-electron chi connectivity index (χ1n) is 4.43. The standard InChI is InChI=1S/C9H12N4S/c1-2-3-4-14-9-12-6-7(5-10)8(11)13-9/h6H,2-4H2,1H3,(H2,11,12,13). The molecule has 1 aromatic heterocycles. The Morgan fingerprint density at radius 1 is 1.64 bits per heavy atom. The molecule has 0 spiro atoms. The summed E-state index contributed by atoms with van der Waals surface area (Å²) in [5.41, 5.74) is 5.89. The summed E-state index contributed by atoms with van der Waals surface area (Å²) in [4.78, 5) is 8.05. The van der Waals surface area contributed by atoms with Crippen LogP contribution < -0.4 is 5.73 Å². The number of thioether (sulfide) groups is 1. The number of hydrogen-bond acceptors (Lipinski definition) is 5. The maximum absolute atomic E-state index is 8.61. The molecule has 0 unspecified atom stereocenters. The summed E-state index contributed by atoms with van der Waals surface area (Å²) in [6.07, 6.45) is 3.75. The lowest BCUT2D eigenvalue weighted by Crippen LogP contribution is -1.98. The highest BCUT2D eigenvalue weighted by Gasteiger charge is 2.02. The summed E-state index contributed by atoms with van der Waals surface area (Å²) in [5, 5.41) is 9.25. The van der Waals surface area contributed by atoms with Crippen molar-refractivity contribution in [3.63, 3.8) is 0 Å². The van der Waals surface area contributed by atoms with Gasteiger partial charge in [-0.3, -0.25) is 0 Å². The highest BCUT2D eigenvalue weighted by molar-refractivity contribution is 7.99. The molecule has 0 aromatic carbocycles. The fraction of sp³-hybridized carbons (Fsp3) is 0.444. The van der Waals surface area contributed by atoms with Crippen LogP contribution in [0.3, 0.4) is 0 Å². The average Bonchev–Trinajstić information content (AvgIpc) is 2.18. The zero-order valence-corrected chi connectivity index (χ0v) is 8.84. The molecule has 74 valence electrons. The van der Waals surface area contributed by atoms with Crippen molar-refractivity contribution in [2.24, 2.45) is 0 Å². The Balaban J connectivity index is 2.63. The van der Waals surface area contributed by atoms with Crippen LogP contribution in [0.25, 0.3) is 0 Å². The maximum Gasteiger partial charge on any atom is 0.189 e. The van der Waals surface area contributed by atoms with Crippen LogP contribution in [0.2, 0.25) is 0 Å². The number of nitrogen functional groups attached to an aromatic ring is 1. The number of hydrogen-bond donors (Lipinski definition) is 1. The van der Waals surface area contributed by atoms with Crippen molar-refractivity contribution < 1.29 is 0 Å². The molecule has 0 saturated heterocycles. The summed E-state index contributed by atoms with van der Waals surface area (Å²) in [7, 11) is 0. The van der Waals surface area contributed by atoms with Gasteiger partial charge in [0.05, 0.1) is 6.20 Å². The van der Waals surface area contributed by atoms with E-state index in [1.54, 1.807) is 11.8 Å². The smallest absolute Gasteiger partial charge is 0.189 e. The SMILES string of the molecule is CCCCSc1ncc(C#N)c(N)n1. The second-order valence-electron chi connectivity index (χ2n) is 2.77. The lowest BCUT2D eigenvalue weighted by molar-refractivity contribution is 0.888.